The number of para-hydroxylation sites is 6. The van der Waals surface area contributed by atoms with Crippen molar-refractivity contribution in [3.8, 4) is 62.2 Å². The maximum atomic E-state index is 10.0. The van der Waals surface area contributed by atoms with E-state index in [1.807, 2.05) is 150 Å². The van der Waals surface area contributed by atoms with E-state index in [4.69, 9.17) is 19.7 Å². The van der Waals surface area contributed by atoms with Crippen LogP contribution in [0.2, 0.25) is 0 Å². The molecule has 0 saturated heterocycles. The Hall–Kier alpha value is -12.9. The maximum Gasteiger partial charge on any atom is 0.296 e. The molecule has 0 amide bonds. The quantitative estimate of drug-likeness (QED) is 0.0604. The van der Waals surface area contributed by atoms with Crippen LogP contribution in [-0.2, 0) is 64.6 Å². The van der Waals surface area contributed by atoms with E-state index < -0.39 is 0 Å². The van der Waals surface area contributed by atoms with E-state index >= 15 is 0 Å². The molecule has 10 aromatic heterocycles. The van der Waals surface area contributed by atoms with Gasteiger partial charge in [0.25, 0.3) is 5.65 Å². The Bertz CT molecular complexity index is 7570. The summed E-state index contributed by atoms with van der Waals surface area (Å²) in [5, 5.41) is 17.9. The number of imidazole rings is 2. The van der Waals surface area contributed by atoms with E-state index in [9.17, 15) is 4.79 Å². The molecule has 0 spiro atoms. The van der Waals surface area contributed by atoms with Crippen molar-refractivity contribution in [2.45, 2.75) is 33.5 Å². The van der Waals surface area contributed by atoms with Crippen LogP contribution in [0.4, 0.5) is 0 Å². The summed E-state index contributed by atoms with van der Waals surface area (Å²) in [5.74, 6) is 0.801. The van der Waals surface area contributed by atoms with Crippen LogP contribution in [0.25, 0.3) is 152 Å². The van der Waals surface area contributed by atoms with Crippen LogP contribution in [0.5, 0.6) is 0 Å². The molecule has 3 aliphatic rings. The number of thiophene rings is 2. The number of nitrogens with zero attached hydrogens (tertiary/aromatic N) is 9. The molecule has 15 heteroatoms. The van der Waals surface area contributed by atoms with Gasteiger partial charge in [-0.1, -0.05) is 181 Å². The molecule has 0 atom stereocenters. The fourth-order valence-corrected chi connectivity index (χ4v) is 17.7. The first kappa shape index (κ1) is 68.6. The number of ketones is 1. The zero-order chi connectivity index (χ0) is 82.9. The van der Waals surface area contributed by atoms with Crippen LogP contribution in [0.15, 0.2) is 376 Å². The molecule has 11 nitrogen and oxygen atoms in total. The minimum atomic E-state index is -0.344. The minimum Gasteiger partial charge on any atom is -0.512 e. The van der Waals surface area contributed by atoms with Crippen LogP contribution in [0.3, 0.4) is 0 Å². The Kier molecular flexibility index (Phi) is 20.6. The van der Waals surface area contributed by atoms with Gasteiger partial charge in [-0.2, -0.15) is 24.9 Å². The van der Waals surface area contributed by atoms with Gasteiger partial charge >= 0.3 is 0 Å². The monoisotopic (exact) mass is 1900 g/mol. The Morgan fingerprint density at radius 1 is 0.474 bits per heavy atom. The summed E-state index contributed by atoms with van der Waals surface area (Å²) in [6.45, 7) is 5.01. The van der Waals surface area contributed by atoms with Crippen molar-refractivity contribution in [1.29, 1.82) is 0 Å². The van der Waals surface area contributed by atoms with Gasteiger partial charge in [0.05, 0.1) is 42.9 Å². The number of hydrogen-bond acceptors (Lipinski definition) is 8. The van der Waals surface area contributed by atoms with Crippen LogP contribution >= 0.6 is 22.7 Å². The van der Waals surface area contributed by atoms with Crippen molar-refractivity contribution < 1.29 is 73.4 Å². The molecule has 0 unspecified atom stereocenters. The third-order valence-corrected chi connectivity index (χ3v) is 22.5. The number of aliphatic hydroxyl groups excluding tert-OH is 1. The first-order valence-electron chi connectivity index (χ1n) is 40.9. The number of rotatable bonds is 5. The molecule has 0 bridgehead atoms. The first-order valence-corrected chi connectivity index (χ1v) is 39.0. The van der Waals surface area contributed by atoms with Crippen molar-refractivity contribution in [3.63, 3.8) is 0 Å². The number of carbonyl (C=O) groups is 1. The van der Waals surface area contributed by atoms with Gasteiger partial charge in [0.15, 0.2) is 48.1 Å². The minimum absolute atomic E-state index is 0. The molecular weight excluding hydrogens is 1820 g/mol. The number of allylic oxidation sites excluding steroid dienone is 2. The molecule has 0 fully saturated rings. The third-order valence-electron chi connectivity index (χ3n) is 20.1. The Morgan fingerprint density at radius 2 is 1.09 bits per heavy atom. The number of fused-ring (bicyclic) bond motifs is 20. The predicted octanol–water partition coefficient (Wildman–Crippen LogP) is 23.0. The van der Waals surface area contributed by atoms with Gasteiger partial charge in [-0.25, -0.2) is 9.55 Å². The fraction of sp³-hybridized carbons (Fsp3) is 0.0495. The molecule has 1 N–H and O–H groups in total. The Morgan fingerprint density at radius 3 is 1.81 bits per heavy atom. The van der Waals surface area contributed by atoms with Gasteiger partial charge < -0.3 is 15.1 Å². The average Bonchev–Trinajstić information content (AvgIpc) is 1.53. The summed E-state index contributed by atoms with van der Waals surface area (Å²) in [6.07, 6.45) is 10.1. The summed E-state index contributed by atoms with van der Waals surface area (Å²) >= 11 is 3.73. The molecular formula is C101H74Ir2N9O2S2+. The summed E-state index contributed by atoms with van der Waals surface area (Å²) in [4.78, 5) is 27.9. The van der Waals surface area contributed by atoms with Gasteiger partial charge in [-0.05, 0) is 132 Å². The van der Waals surface area contributed by atoms with Gasteiger partial charge in [0.1, 0.15) is 17.8 Å². The fourth-order valence-electron chi connectivity index (χ4n) is 15.2. The Labute approximate surface area is 715 Å². The van der Waals surface area contributed by atoms with Gasteiger partial charge in [-0.15, -0.1) is 71.0 Å². The molecule has 0 saturated carbocycles. The van der Waals surface area contributed by atoms with Crippen molar-refractivity contribution in [2.24, 2.45) is 0 Å². The number of pyridine rings is 6. The van der Waals surface area contributed by atoms with Crippen molar-refractivity contribution >= 4 is 118 Å². The normalized spacial score (nSPS) is 12.4. The molecule has 3 aliphatic heterocycles. The van der Waals surface area contributed by atoms with E-state index in [0.29, 0.717) is 5.56 Å². The second-order valence-corrected chi connectivity index (χ2v) is 29.4. The second-order valence-electron chi connectivity index (χ2n) is 27.3. The van der Waals surface area contributed by atoms with E-state index in [1.165, 1.54) is 127 Å². The second kappa shape index (κ2) is 34.8. The van der Waals surface area contributed by atoms with Crippen LogP contribution < -0.4 is 13.7 Å². The molecule has 564 valence electrons. The average molecular weight is 1900 g/mol. The number of carbonyl (C=O) groups excluding carboxylic acids is 1. The van der Waals surface area contributed by atoms with E-state index in [0.717, 1.165) is 63.8 Å². The van der Waals surface area contributed by atoms with Gasteiger partial charge in [0, 0.05) is 147 Å². The first-order chi connectivity index (χ1) is 59.1. The number of benzene rings is 11. The summed E-state index contributed by atoms with van der Waals surface area (Å²) < 4.78 is 70.9. The largest absolute Gasteiger partial charge is 0.512 e. The van der Waals surface area contributed by atoms with E-state index in [1.54, 1.807) is 17.0 Å². The van der Waals surface area contributed by atoms with Gasteiger partial charge in [0.2, 0.25) is 11.4 Å². The summed E-state index contributed by atoms with van der Waals surface area (Å²) in [5.41, 5.74) is 20.0. The van der Waals surface area contributed by atoms with Crippen LogP contribution in [0.1, 0.15) is 40.1 Å². The molecule has 21 aromatic rings. The third kappa shape index (κ3) is 15.4. The summed E-state index contributed by atoms with van der Waals surface area (Å²) in [7, 11) is 0. The van der Waals surface area contributed by atoms with Crippen molar-refractivity contribution in [3.05, 3.63) is 405 Å². The van der Waals surface area contributed by atoms with Crippen molar-refractivity contribution in [2.75, 3.05) is 0 Å². The van der Waals surface area contributed by atoms with Crippen LogP contribution in [-0.4, -0.2) is 39.8 Å². The topological polar surface area (TPSA) is 110 Å². The standard InChI is InChI=1S/C20H13N2.C18H13N3.C18H12NS.C17H10NS.C12H10N.C11H8N.C5H8O2.2Ir/c1-2-9-16-14(7-1)15-8-5-6-13-12-21-17-10-3-4-11-18(17)22(16)20(21)19(13)15;1-2-8-14(9-3-1)21-17-12-5-4-10-15(17)20-18(21)16-11-6-7-13-19-16;1-2-7-16-13(5-1)14-9-8-12-11-19-10-4-3-6-15(19)17(12)18(14)20-16;1-2-10-16-12(6-1)13-7-5-8-14(17(13)19-16)15-9-3-4-11-18-15;1-2-6-11-10(5-1)9-13-8-4-3-7-12(11)13;1-2-6-10(7-3-1)11-8-4-5-9-12-11;1-4(6)3-5(2)7;;/h1-11H,12H2;1-13H;1-10H,11H2;1-7,9-11H;1-8H,9H2;1-6,8-9H;3,6H,1-2H3;;/q+1;;+1;-1;+1;-1;;;/i;;;;1D,2D,3D,4D,5D,6D,7D;;;;. The molecule has 24 rings (SSSR count). The summed E-state index contributed by atoms with van der Waals surface area (Å²) in [6, 6.07) is 106. The van der Waals surface area contributed by atoms with Crippen LogP contribution in [0, 0.1) is 12.1 Å². The van der Waals surface area contributed by atoms with E-state index in [-0.39, 0.29) is 112 Å². The molecule has 116 heavy (non-hydrogen) atoms. The zero-order valence-corrected chi connectivity index (χ0v) is 69.1. The maximum absolute atomic E-state index is 10.0. The van der Waals surface area contributed by atoms with E-state index in [2.05, 4.69) is 221 Å². The SMILES string of the molecule is CC(=O)C=C(C)O.[2H]c1c[n+]2c(c([2H])c1[2H])-c1c([2H])c([2H])c([2H])c([2H])c1C2.[Ir].[Ir].[c-]1ccc2c(sc3ccccc32)c1-c1ccccn1.[c-]1ccccc1-c1ccccn1.c1cc2c3c(c1)c1ccccc1n1c4ccccc4[n+](c31)C2.c1cc[n+]2c(c1)-c1c(ccc3c1sc1ccccc13)C2.c1ccc(-n2c(-c3ccccn3)nc3ccccc32)cc1. The number of hydrogen-bond donors (Lipinski definition) is 1. The van der Waals surface area contributed by atoms with Crippen molar-refractivity contribution in [1.82, 2.24) is 28.9 Å². The molecule has 11 aromatic carbocycles. The Balaban J connectivity index is 0.000000108. The molecule has 13 heterocycles. The predicted molar refractivity (Wildman–Crippen MR) is 466 cm³/mol. The smallest absolute Gasteiger partial charge is 0.296 e. The molecule has 2 radical (unpaired) electrons. The number of aliphatic hydroxyl groups is 1. The van der Waals surface area contributed by atoms with Gasteiger partial charge in [-0.3, -0.25) is 14.3 Å². The zero-order valence-electron chi connectivity index (χ0n) is 69.7. The number of aromatic nitrogens is 9. The molecule has 0 aliphatic carbocycles.